The number of nitrogens with zero attached hydrogens (tertiary/aromatic N) is 1. The fraction of sp³-hybridized carbons (Fsp3) is 0.0952. The van der Waals surface area contributed by atoms with Gasteiger partial charge in [0.2, 0.25) is 5.78 Å². The average molecular weight is 330 g/mol. The van der Waals surface area contributed by atoms with E-state index >= 15 is 0 Å². The van der Waals surface area contributed by atoms with Crippen LogP contribution >= 0.6 is 0 Å². The lowest BCUT2D eigenvalue weighted by Gasteiger charge is -2.16. The maximum Gasteiger partial charge on any atom is 0.211 e. The van der Waals surface area contributed by atoms with Crippen molar-refractivity contribution < 1.29 is 9.59 Å². The summed E-state index contributed by atoms with van der Waals surface area (Å²) in [5, 5.41) is 1.49. The summed E-state index contributed by atoms with van der Waals surface area (Å²) in [6.45, 7) is 0. The van der Waals surface area contributed by atoms with E-state index < -0.39 is 0 Å². The molecule has 0 spiro atoms. The smallest absolute Gasteiger partial charge is 0.211 e. The van der Waals surface area contributed by atoms with Crippen LogP contribution < -0.4 is 0 Å². The van der Waals surface area contributed by atoms with Crippen molar-refractivity contribution in [3.8, 4) is 0 Å². The number of benzene rings is 2. The van der Waals surface area contributed by atoms with Gasteiger partial charge in [-0.15, -0.1) is 0 Å². The Morgan fingerprint density at radius 2 is 1.44 bits per heavy atom. The zero-order valence-electron chi connectivity index (χ0n) is 12.0. The highest BCUT2D eigenvalue weighted by Gasteiger charge is 2.34. The molecule has 4 nitrogen and oxygen atoms in total. The second-order valence-corrected chi connectivity index (χ2v) is 5.64. The molecular formula is C21H18N2O2. The van der Waals surface area contributed by atoms with Gasteiger partial charge in [-0.1, -0.05) is 51.3 Å². The normalized spacial score (nSPS) is 12.3. The molecule has 2 heterocycles. The largest absolute Gasteiger partial charge is 0.351 e. The van der Waals surface area contributed by atoms with Gasteiger partial charge in [0, 0.05) is 28.0 Å². The fourth-order valence-electron chi connectivity index (χ4n) is 3.37. The van der Waals surface area contributed by atoms with Crippen LogP contribution in [0.5, 0.6) is 0 Å². The predicted octanol–water partition coefficient (Wildman–Crippen LogP) is 4.76. The van der Waals surface area contributed by atoms with Gasteiger partial charge in [-0.3, -0.25) is 14.6 Å². The number of aromatic amines is 1. The van der Waals surface area contributed by atoms with Crippen molar-refractivity contribution in [2.24, 2.45) is 0 Å². The van der Waals surface area contributed by atoms with E-state index in [1.165, 1.54) is 6.20 Å². The number of pyridine rings is 1. The predicted molar refractivity (Wildman–Crippen MR) is 100 cm³/mol. The van der Waals surface area contributed by atoms with Crippen LogP contribution in [0.2, 0.25) is 0 Å². The second kappa shape index (κ2) is 5.67. The molecule has 1 aliphatic carbocycles. The summed E-state index contributed by atoms with van der Waals surface area (Å²) in [5.41, 5.74) is 3.16. The van der Waals surface area contributed by atoms with Gasteiger partial charge in [0.05, 0.1) is 22.3 Å². The molecule has 1 N–H and O–H groups in total. The number of carbonyl (C=O) groups excluding carboxylic acids is 2. The molecule has 0 radical (unpaired) electrons. The maximum atomic E-state index is 13.0. The van der Waals surface area contributed by atoms with Crippen molar-refractivity contribution in [2.45, 2.75) is 14.9 Å². The van der Waals surface area contributed by atoms with Crippen LogP contribution in [0.1, 0.15) is 46.8 Å². The second-order valence-electron chi connectivity index (χ2n) is 5.64. The Balaban J connectivity index is 0.000000911. The van der Waals surface area contributed by atoms with Crippen LogP contribution in [0.25, 0.3) is 21.8 Å². The number of rotatable bonds is 0. The molecule has 0 saturated carbocycles. The zero-order chi connectivity index (χ0) is 15.6. The first-order valence-electron chi connectivity index (χ1n) is 7.33. The van der Waals surface area contributed by atoms with Gasteiger partial charge < -0.3 is 4.98 Å². The third kappa shape index (κ3) is 2.04. The molecule has 0 amide bonds. The summed E-state index contributed by atoms with van der Waals surface area (Å²) in [6, 6.07) is 14.9. The van der Waals surface area contributed by atoms with E-state index in [9.17, 15) is 9.59 Å². The van der Waals surface area contributed by atoms with E-state index in [0.29, 0.717) is 33.3 Å². The Kier molecular flexibility index (Phi) is 3.76. The number of para-hydroxylation sites is 2. The minimum absolute atomic E-state index is 0. The van der Waals surface area contributed by atoms with Crippen molar-refractivity contribution in [1.82, 2.24) is 9.97 Å². The zero-order valence-corrected chi connectivity index (χ0v) is 12.0. The van der Waals surface area contributed by atoms with Gasteiger partial charge in [0.25, 0.3) is 0 Å². The van der Waals surface area contributed by atoms with Crippen molar-refractivity contribution in [1.29, 1.82) is 0 Å². The summed E-state index contributed by atoms with van der Waals surface area (Å²) >= 11 is 0. The number of ketones is 2. The van der Waals surface area contributed by atoms with Crippen molar-refractivity contribution >= 4 is 33.4 Å². The highest BCUT2D eigenvalue weighted by Crippen LogP contribution is 2.34. The van der Waals surface area contributed by atoms with E-state index in [4.69, 9.17) is 0 Å². The summed E-state index contributed by atoms with van der Waals surface area (Å²) in [7, 11) is 0. The quantitative estimate of drug-likeness (QED) is 0.445. The van der Waals surface area contributed by atoms with E-state index in [2.05, 4.69) is 9.97 Å². The molecule has 0 saturated heterocycles. The molecule has 1 aliphatic rings. The lowest BCUT2D eigenvalue weighted by molar-refractivity contribution is 0.0979. The molecule has 4 heteroatoms. The molecule has 4 aromatic rings. The molecule has 0 bridgehead atoms. The number of carbonyl (C=O) groups is 2. The van der Waals surface area contributed by atoms with E-state index in [-0.39, 0.29) is 26.4 Å². The lowest BCUT2D eigenvalue weighted by atomic mass is 9.86. The first kappa shape index (κ1) is 16.6. The Hall–Kier alpha value is -3.27. The fourth-order valence-corrected chi connectivity index (χ4v) is 3.37. The van der Waals surface area contributed by atoms with Gasteiger partial charge in [0.15, 0.2) is 5.78 Å². The van der Waals surface area contributed by atoms with Crippen molar-refractivity contribution in [3.63, 3.8) is 0 Å². The number of H-pyrrole nitrogens is 1. The number of nitrogens with one attached hydrogen (secondary N) is 1. The van der Waals surface area contributed by atoms with E-state index in [0.717, 1.165) is 10.9 Å². The first-order valence-corrected chi connectivity index (χ1v) is 7.33. The Morgan fingerprint density at radius 1 is 0.760 bits per heavy atom. The van der Waals surface area contributed by atoms with Crippen LogP contribution in [-0.2, 0) is 0 Å². The van der Waals surface area contributed by atoms with Crippen LogP contribution in [0.4, 0.5) is 0 Å². The molecular weight excluding hydrogens is 312 g/mol. The Morgan fingerprint density at radius 3 is 2.24 bits per heavy atom. The third-order valence-electron chi connectivity index (χ3n) is 4.41. The highest BCUT2D eigenvalue weighted by atomic mass is 16.1. The van der Waals surface area contributed by atoms with Crippen LogP contribution in [0, 0.1) is 0 Å². The summed E-state index contributed by atoms with van der Waals surface area (Å²) in [6.07, 6.45) is 1.52. The number of hydrogen-bond acceptors (Lipinski definition) is 3. The molecule has 0 unspecified atom stereocenters. The van der Waals surface area contributed by atoms with Gasteiger partial charge in [-0.2, -0.15) is 0 Å². The Labute approximate surface area is 145 Å². The molecule has 2 aromatic carbocycles. The summed E-state index contributed by atoms with van der Waals surface area (Å²) in [4.78, 5) is 33.4. The van der Waals surface area contributed by atoms with Crippen LogP contribution in [0.3, 0.4) is 0 Å². The molecule has 0 atom stereocenters. The molecule has 2 aromatic heterocycles. The number of hydrogen-bond donors (Lipinski definition) is 1. The number of aromatic nitrogens is 2. The van der Waals surface area contributed by atoms with Crippen LogP contribution in [-0.4, -0.2) is 21.5 Å². The van der Waals surface area contributed by atoms with Gasteiger partial charge in [-0.25, -0.2) is 0 Å². The SMILES string of the molecule is C.C.O=C1c2[nH]c3ccccc3c2C(=O)c2cnc3ccccc3c21. The first-order chi connectivity index (χ1) is 11.3. The van der Waals surface area contributed by atoms with Gasteiger partial charge in [-0.05, 0) is 12.1 Å². The standard InChI is InChI=1S/C19H10N2O2.2CH4/c22-18-12-9-20-13-7-3-1-5-10(13)15(12)19(23)17-16(18)11-6-2-4-8-14(11)21-17;;/h1-9,21H;2*1H4. The Bertz CT molecular complexity index is 1160. The summed E-state index contributed by atoms with van der Waals surface area (Å²) < 4.78 is 0. The maximum absolute atomic E-state index is 13.0. The van der Waals surface area contributed by atoms with Gasteiger partial charge >= 0.3 is 0 Å². The summed E-state index contributed by atoms with van der Waals surface area (Å²) in [5.74, 6) is -0.297. The molecule has 0 fully saturated rings. The topological polar surface area (TPSA) is 62.8 Å². The highest BCUT2D eigenvalue weighted by molar-refractivity contribution is 6.34. The molecule has 25 heavy (non-hydrogen) atoms. The third-order valence-corrected chi connectivity index (χ3v) is 4.41. The minimum Gasteiger partial charge on any atom is -0.351 e. The van der Waals surface area contributed by atoms with Gasteiger partial charge in [0.1, 0.15) is 0 Å². The van der Waals surface area contributed by atoms with E-state index in [1.807, 2.05) is 48.5 Å². The molecule has 124 valence electrons. The van der Waals surface area contributed by atoms with Crippen LogP contribution in [0.15, 0.2) is 54.7 Å². The number of fused-ring (bicyclic) bond motifs is 6. The molecule has 0 aliphatic heterocycles. The van der Waals surface area contributed by atoms with E-state index in [1.54, 1.807) is 0 Å². The van der Waals surface area contributed by atoms with Crippen molar-refractivity contribution in [2.75, 3.05) is 0 Å². The average Bonchev–Trinajstić information content (AvgIpc) is 2.99. The minimum atomic E-state index is -0.149. The van der Waals surface area contributed by atoms with Crippen molar-refractivity contribution in [3.05, 3.63) is 77.1 Å². The molecule has 5 rings (SSSR count). The lowest BCUT2D eigenvalue weighted by Crippen LogP contribution is -2.21. The monoisotopic (exact) mass is 330 g/mol.